The van der Waals surface area contributed by atoms with Crippen molar-refractivity contribution in [2.24, 2.45) is 10.1 Å². The van der Waals surface area contributed by atoms with Crippen LogP contribution in [0.1, 0.15) is 12.5 Å². The lowest BCUT2D eigenvalue weighted by Gasteiger charge is -2.16. The van der Waals surface area contributed by atoms with E-state index in [-0.39, 0.29) is 0 Å². The van der Waals surface area contributed by atoms with Gasteiger partial charge in [-0.2, -0.15) is 10.1 Å². The normalized spacial score (nSPS) is 16.1. The molecule has 1 aliphatic heterocycles. The Morgan fingerprint density at radius 2 is 1.79 bits per heavy atom. The Kier molecular flexibility index (Phi) is 5.70. The lowest BCUT2D eigenvalue weighted by molar-refractivity contribution is 1.13. The lowest BCUT2D eigenvalue weighted by atomic mass is 10.1. The summed E-state index contributed by atoms with van der Waals surface area (Å²) in [5, 5.41) is 8.00. The molecule has 5 nitrogen and oxygen atoms in total. The maximum atomic E-state index is 6.28. The van der Waals surface area contributed by atoms with E-state index < -0.39 is 0 Å². The lowest BCUT2D eigenvalue weighted by Crippen LogP contribution is -2.21. The highest BCUT2D eigenvalue weighted by molar-refractivity contribution is 7.22. The molecule has 164 valence electrons. The number of thiazole rings is 1. The van der Waals surface area contributed by atoms with Crippen molar-refractivity contribution in [3.63, 3.8) is 0 Å². The average molecular weight is 472 g/mol. The Morgan fingerprint density at radius 3 is 2.52 bits per heavy atom. The van der Waals surface area contributed by atoms with Gasteiger partial charge in [-0.25, -0.2) is 9.99 Å². The average Bonchev–Trinajstić information content (AvgIpc) is 3.35. The molecule has 4 aromatic rings. The Balaban J connectivity index is 1.62. The van der Waals surface area contributed by atoms with Gasteiger partial charge in [-0.15, -0.1) is 0 Å². The van der Waals surface area contributed by atoms with E-state index in [1.54, 1.807) is 11.3 Å². The third kappa shape index (κ3) is 4.40. The number of nitrogens with zero attached hydrogens (tertiary/aromatic N) is 5. The maximum Gasteiger partial charge on any atom is 0.212 e. The van der Waals surface area contributed by atoms with Gasteiger partial charge in [-0.05, 0) is 61.0 Å². The molecule has 0 atom stereocenters. The highest BCUT2D eigenvalue weighted by Crippen LogP contribution is 2.33. The zero-order valence-corrected chi connectivity index (χ0v) is 20.1. The van der Waals surface area contributed by atoms with E-state index in [0.717, 1.165) is 44.3 Å². The number of anilines is 2. The van der Waals surface area contributed by atoms with Gasteiger partial charge in [0.05, 0.1) is 21.6 Å². The third-order valence-electron chi connectivity index (χ3n) is 5.34. The molecular weight excluding hydrogens is 450 g/mol. The van der Waals surface area contributed by atoms with Crippen molar-refractivity contribution in [1.82, 2.24) is 4.98 Å². The number of aliphatic imine (C=N–C) groups is 1. The molecule has 3 aromatic carbocycles. The van der Waals surface area contributed by atoms with Crippen LogP contribution in [0.3, 0.4) is 0 Å². The fourth-order valence-electron chi connectivity index (χ4n) is 3.63. The van der Waals surface area contributed by atoms with Crippen molar-refractivity contribution in [3.05, 3.63) is 89.0 Å². The number of aromatic nitrogens is 1. The number of hydrogen-bond acceptors (Lipinski definition) is 5. The largest absolute Gasteiger partial charge is 0.378 e. The minimum atomic E-state index is 0.649. The summed E-state index contributed by atoms with van der Waals surface area (Å²) in [7, 11) is 4.07. The van der Waals surface area contributed by atoms with Crippen molar-refractivity contribution in [1.29, 1.82) is 0 Å². The van der Waals surface area contributed by atoms with Gasteiger partial charge in [-0.1, -0.05) is 53.3 Å². The minimum absolute atomic E-state index is 0.649. The van der Waals surface area contributed by atoms with Crippen LogP contribution in [-0.4, -0.2) is 30.6 Å². The van der Waals surface area contributed by atoms with Crippen molar-refractivity contribution in [3.8, 4) is 0 Å². The number of amidine groups is 1. The Hall–Kier alpha value is -3.48. The third-order valence-corrected chi connectivity index (χ3v) is 6.50. The summed E-state index contributed by atoms with van der Waals surface area (Å²) in [6.45, 7) is 2.00. The molecule has 0 fully saturated rings. The van der Waals surface area contributed by atoms with E-state index >= 15 is 0 Å². The topological polar surface area (TPSA) is 44.1 Å². The summed E-state index contributed by atoms with van der Waals surface area (Å²) in [6.07, 6.45) is 2.12. The van der Waals surface area contributed by atoms with E-state index in [1.165, 1.54) is 0 Å². The molecule has 0 saturated heterocycles. The van der Waals surface area contributed by atoms with E-state index in [0.29, 0.717) is 10.2 Å². The molecule has 1 aromatic heterocycles. The first-order chi connectivity index (χ1) is 16.0. The van der Waals surface area contributed by atoms with Gasteiger partial charge in [0.1, 0.15) is 0 Å². The molecule has 1 aliphatic rings. The molecule has 0 N–H and O–H groups in total. The van der Waals surface area contributed by atoms with Crippen LogP contribution in [0.25, 0.3) is 16.3 Å². The summed E-state index contributed by atoms with van der Waals surface area (Å²) in [6, 6.07) is 24.1. The number of halogens is 1. The van der Waals surface area contributed by atoms with Crippen LogP contribution in [0.5, 0.6) is 0 Å². The zero-order valence-electron chi connectivity index (χ0n) is 18.5. The molecule has 0 spiro atoms. The first-order valence-corrected chi connectivity index (χ1v) is 11.7. The van der Waals surface area contributed by atoms with Crippen LogP contribution in [0, 0.1) is 0 Å². The molecule has 7 heteroatoms. The number of hydrogen-bond donors (Lipinski definition) is 0. The SMILES string of the molecule is CC1=NN(c2cccc(Cl)c2)/C(=N/c2nc3ccccc3s2)C1=Cc1ccc(N(C)C)cc1. The summed E-state index contributed by atoms with van der Waals surface area (Å²) in [4.78, 5) is 11.8. The predicted octanol–water partition coefficient (Wildman–Crippen LogP) is 7.03. The highest BCUT2D eigenvalue weighted by Gasteiger charge is 2.27. The number of hydrazone groups is 1. The van der Waals surface area contributed by atoms with Gasteiger partial charge in [0.15, 0.2) is 5.84 Å². The first-order valence-electron chi connectivity index (χ1n) is 10.5. The second kappa shape index (κ2) is 8.81. The number of fused-ring (bicyclic) bond motifs is 1. The van der Waals surface area contributed by atoms with Gasteiger partial charge >= 0.3 is 0 Å². The van der Waals surface area contributed by atoms with Gasteiger partial charge in [0.2, 0.25) is 5.13 Å². The molecule has 5 rings (SSSR count). The van der Waals surface area contributed by atoms with Crippen LogP contribution < -0.4 is 9.91 Å². The quantitative estimate of drug-likeness (QED) is 0.321. The van der Waals surface area contributed by atoms with E-state index in [2.05, 4.69) is 41.3 Å². The van der Waals surface area contributed by atoms with Gasteiger partial charge in [0, 0.05) is 30.4 Å². The Labute approximate surface area is 202 Å². The Bertz CT molecular complexity index is 1380. The molecule has 0 bridgehead atoms. The second-order valence-electron chi connectivity index (χ2n) is 7.92. The summed E-state index contributed by atoms with van der Waals surface area (Å²) >= 11 is 7.85. The summed E-state index contributed by atoms with van der Waals surface area (Å²) in [5.41, 5.74) is 5.86. The van der Waals surface area contributed by atoms with E-state index in [9.17, 15) is 0 Å². The van der Waals surface area contributed by atoms with Crippen LogP contribution in [0.2, 0.25) is 5.02 Å². The van der Waals surface area contributed by atoms with Gasteiger partial charge in [-0.3, -0.25) is 0 Å². The molecule has 0 aliphatic carbocycles. The molecule has 0 amide bonds. The standard InChI is InChI=1S/C26H22ClN5S/c1-17-22(15-18-11-13-20(14-12-18)31(2)3)25(32(30-17)21-8-6-7-19(27)16-21)29-26-28-23-9-4-5-10-24(23)33-26/h4-16H,1-3H3/b22-15?,29-25+. The molecule has 33 heavy (non-hydrogen) atoms. The summed E-state index contributed by atoms with van der Waals surface area (Å²) in [5.74, 6) is 0.727. The molecule has 0 saturated carbocycles. The maximum absolute atomic E-state index is 6.28. The number of benzene rings is 3. The fraction of sp³-hybridized carbons (Fsp3) is 0.115. The molecule has 0 unspecified atom stereocenters. The van der Waals surface area contributed by atoms with Gasteiger partial charge in [0.25, 0.3) is 0 Å². The number of rotatable bonds is 4. The van der Waals surface area contributed by atoms with Crippen molar-refractivity contribution in [2.45, 2.75) is 6.92 Å². The smallest absolute Gasteiger partial charge is 0.212 e. The van der Waals surface area contributed by atoms with Crippen molar-refractivity contribution in [2.75, 3.05) is 24.0 Å². The summed E-state index contributed by atoms with van der Waals surface area (Å²) < 4.78 is 1.10. The predicted molar refractivity (Wildman–Crippen MR) is 143 cm³/mol. The van der Waals surface area contributed by atoms with Gasteiger partial charge < -0.3 is 4.90 Å². The Morgan fingerprint density at radius 1 is 1.00 bits per heavy atom. The van der Waals surface area contributed by atoms with Crippen LogP contribution in [0.4, 0.5) is 16.5 Å². The van der Waals surface area contributed by atoms with Crippen molar-refractivity contribution >= 4 is 67.3 Å². The van der Waals surface area contributed by atoms with Crippen LogP contribution >= 0.6 is 22.9 Å². The monoisotopic (exact) mass is 471 g/mol. The van der Waals surface area contributed by atoms with Crippen LogP contribution in [0.15, 0.2) is 88.5 Å². The molecule has 2 heterocycles. The van der Waals surface area contributed by atoms with E-state index in [4.69, 9.17) is 26.7 Å². The molecule has 0 radical (unpaired) electrons. The zero-order chi connectivity index (χ0) is 22.9. The number of para-hydroxylation sites is 1. The minimum Gasteiger partial charge on any atom is -0.378 e. The molecular formula is C26H22ClN5S. The first kappa shape index (κ1) is 21.4. The van der Waals surface area contributed by atoms with E-state index in [1.807, 2.05) is 68.5 Å². The van der Waals surface area contributed by atoms with Crippen molar-refractivity contribution < 1.29 is 0 Å². The highest BCUT2D eigenvalue weighted by atomic mass is 35.5. The van der Waals surface area contributed by atoms with Crippen LogP contribution in [-0.2, 0) is 0 Å². The second-order valence-corrected chi connectivity index (χ2v) is 9.37. The fourth-order valence-corrected chi connectivity index (χ4v) is 4.65.